The first-order chi connectivity index (χ1) is 10.2. The molecule has 1 saturated heterocycles. The van der Waals surface area contributed by atoms with Crippen molar-refractivity contribution in [1.29, 1.82) is 0 Å². The number of piperidine rings is 1. The summed E-state index contributed by atoms with van der Waals surface area (Å²) in [5.41, 5.74) is 7.34. The van der Waals surface area contributed by atoms with Crippen molar-refractivity contribution < 1.29 is 4.74 Å². The molecule has 3 nitrogen and oxygen atoms in total. The maximum Gasteiger partial charge on any atom is 0.124 e. The lowest BCUT2D eigenvalue weighted by atomic mass is 9.87. The predicted octanol–water partition coefficient (Wildman–Crippen LogP) is 3.60. The molecule has 1 aromatic carbocycles. The zero-order valence-electron chi connectivity index (χ0n) is 13.7. The van der Waals surface area contributed by atoms with Gasteiger partial charge in [0.1, 0.15) is 5.75 Å². The number of hydrogen-bond acceptors (Lipinski definition) is 3. The highest BCUT2D eigenvalue weighted by molar-refractivity contribution is 5.35. The van der Waals surface area contributed by atoms with Crippen molar-refractivity contribution in [2.45, 2.75) is 52.1 Å². The normalized spacial score (nSPS) is 24.8. The average Bonchev–Trinajstić information content (AvgIpc) is 2.54. The minimum Gasteiger partial charge on any atom is -0.494 e. The summed E-state index contributed by atoms with van der Waals surface area (Å²) in [7, 11) is 0. The van der Waals surface area contributed by atoms with Crippen LogP contribution in [0.2, 0.25) is 0 Å². The standard InChI is InChI=1S/C18H30N2O/c1-4-15-10-11-20(16(12-15)13-19)14(3)17-8-6-7-9-18(17)21-5-2/h6-9,14-16H,4-5,10-13,19H2,1-3H3. The Balaban J connectivity index is 2.17. The Labute approximate surface area is 129 Å². The lowest BCUT2D eigenvalue weighted by Crippen LogP contribution is -2.47. The topological polar surface area (TPSA) is 38.5 Å². The second-order valence-electron chi connectivity index (χ2n) is 6.07. The third-order valence-electron chi connectivity index (χ3n) is 4.89. The Hall–Kier alpha value is -1.06. The van der Waals surface area contributed by atoms with Crippen molar-refractivity contribution in [3.05, 3.63) is 29.8 Å². The fourth-order valence-corrected chi connectivity index (χ4v) is 3.56. The zero-order valence-corrected chi connectivity index (χ0v) is 13.7. The summed E-state index contributed by atoms with van der Waals surface area (Å²) in [6.07, 6.45) is 3.79. The van der Waals surface area contributed by atoms with E-state index in [0.717, 1.165) is 24.8 Å². The Kier molecular flexibility index (Phi) is 6.07. The Morgan fingerprint density at radius 1 is 1.33 bits per heavy atom. The Morgan fingerprint density at radius 2 is 2.10 bits per heavy atom. The molecule has 0 aromatic heterocycles. The van der Waals surface area contributed by atoms with E-state index in [9.17, 15) is 0 Å². The molecule has 0 radical (unpaired) electrons. The maximum atomic E-state index is 6.05. The number of ether oxygens (including phenoxy) is 1. The molecule has 2 rings (SSSR count). The molecule has 3 heteroatoms. The van der Waals surface area contributed by atoms with Gasteiger partial charge in [-0.1, -0.05) is 31.5 Å². The number of nitrogens with zero attached hydrogens (tertiary/aromatic N) is 1. The molecule has 0 spiro atoms. The first-order valence-corrected chi connectivity index (χ1v) is 8.38. The van der Waals surface area contributed by atoms with Gasteiger partial charge in [-0.05, 0) is 45.2 Å². The van der Waals surface area contributed by atoms with Gasteiger partial charge >= 0.3 is 0 Å². The number of hydrogen-bond donors (Lipinski definition) is 1. The maximum absolute atomic E-state index is 6.05. The molecule has 0 saturated carbocycles. The fraction of sp³-hybridized carbons (Fsp3) is 0.667. The molecule has 1 aliphatic heterocycles. The van der Waals surface area contributed by atoms with Gasteiger partial charge in [0.2, 0.25) is 0 Å². The third-order valence-corrected chi connectivity index (χ3v) is 4.89. The highest BCUT2D eigenvalue weighted by Gasteiger charge is 2.31. The zero-order chi connectivity index (χ0) is 15.2. The lowest BCUT2D eigenvalue weighted by molar-refractivity contribution is 0.0759. The highest BCUT2D eigenvalue weighted by atomic mass is 16.5. The smallest absolute Gasteiger partial charge is 0.124 e. The van der Waals surface area contributed by atoms with Gasteiger partial charge < -0.3 is 10.5 Å². The summed E-state index contributed by atoms with van der Waals surface area (Å²) in [5, 5.41) is 0. The third kappa shape index (κ3) is 3.78. The van der Waals surface area contributed by atoms with Crippen molar-refractivity contribution in [2.75, 3.05) is 19.7 Å². The number of nitrogens with two attached hydrogens (primary N) is 1. The second kappa shape index (κ2) is 7.81. The summed E-state index contributed by atoms with van der Waals surface area (Å²) in [4.78, 5) is 2.57. The molecule has 0 amide bonds. The molecular weight excluding hydrogens is 260 g/mol. The molecule has 118 valence electrons. The van der Waals surface area contributed by atoms with Gasteiger partial charge in [0, 0.05) is 24.2 Å². The fourth-order valence-electron chi connectivity index (χ4n) is 3.56. The molecule has 0 aliphatic carbocycles. The van der Waals surface area contributed by atoms with Gasteiger partial charge in [-0.2, -0.15) is 0 Å². The van der Waals surface area contributed by atoms with Gasteiger partial charge in [-0.25, -0.2) is 0 Å². The number of para-hydroxylation sites is 1. The van der Waals surface area contributed by atoms with Crippen LogP contribution in [0.15, 0.2) is 24.3 Å². The van der Waals surface area contributed by atoms with Gasteiger partial charge in [0.25, 0.3) is 0 Å². The van der Waals surface area contributed by atoms with Crippen LogP contribution >= 0.6 is 0 Å². The Morgan fingerprint density at radius 3 is 2.76 bits per heavy atom. The van der Waals surface area contributed by atoms with Crippen molar-refractivity contribution >= 4 is 0 Å². The SMILES string of the molecule is CCOc1ccccc1C(C)N1CCC(CC)CC1CN. The molecule has 0 bridgehead atoms. The van der Waals surface area contributed by atoms with E-state index in [1.807, 2.05) is 13.0 Å². The molecule has 21 heavy (non-hydrogen) atoms. The number of benzene rings is 1. The van der Waals surface area contributed by atoms with E-state index in [2.05, 4.69) is 36.9 Å². The van der Waals surface area contributed by atoms with E-state index in [1.165, 1.54) is 24.8 Å². The van der Waals surface area contributed by atoms with Crippen molar-refractivity contribution in [1.82, 2.24) is 4.90 Å². The second-order valence-corrected chi connectivity index (χ2v) is 6.07. The average molecular weight is 290 g/mol. The molecule has 3 unspecified atom stereocenters. The summed E-state index contributed by atoms with van der Waals surface area (Å²) in [6.45, 7) is 9.22. The number of likely N-dealkylation sites (tertiary alicyclic amines) is 1. The van der Waals surface area contributed by atoms with Crippen LogP contribution in [0.5, 0.6) is 5.75 Å². The van der Waals surface area contributed by atoms with Gasteiger partial charge in [-0.15, -0.1) is 0 Å². The van der Waals surface area contributed by atoms with Crippen LogP contribution < -0.4 is 10.5 Å². The first-order valence-electron chi connectivity index (χ1n) is 8.38. The van der Waals surface area contributed by atoms with Crippen molar-refractivity contribution in [2.24, 2.45) is 11.7 Å². The molecular formula is C18H30N2O. The van der Waals surface area contributed by atoms with E-state index >= 15 is 0 Å². The van der Waals surface area contributed by atoms with Crippen molar-refractivity contribution in [3.63, 3.8) is 0 Å². The Bertz CT molecular complexity index is 435. The van der Waals surface area contributed by atoms with E-state index in [0.29, 0.717) is 18.7 Å². The van der Waals surface area contributed by atoms with Gasteiger partial charge in [0.05, 0.1) is 6.61 Å². The van der Waals surface area contributed by atoms with Crippen LogP contribution in [-0.4, -0.2) is 30.6 Å². The van der Waals surface area contributed by atoms with E-state index in [1.54, 1.807) is 0 Å². The highest BCUT2D eigenvalue weighted by Crippen LogP contribution is 2.35. The van der Waals surface area contributed by atoms with Gasteiger partial charge in [0.15, 0.2) is 0 Å². The lowest BCUT2D eigenvalue weighted by Gasteiger charge is -2.42. The van der Waals surface area contributed by atoms with Gasteiger partial charge in [-0.3, -0.25) is 4.90 Å². The molecule has 1 fully saturated rings. The molecule has 1 aliphatic rings. The summed E-state index contributed by atoms with van der Waals surface area (Å²) in [5.74, 6) is 1.85. The largest absolute Gasteiger partial charge is 0.494 e. The number of rotatable bonds is 6. The van der Waals surface area contributed by atoms with Crippen LogP contribution in [0, 0.1) is 5.92 Å². The van der Waals surface area contributed by atoms with Crippen LogP contribution in [0.3, 0.4) is 0 Å². The van der Waals surface area contributed by atoms with E-state index < -0.39 is 0 Å². The van der Waals surface area contributed by atoms with Crippen LogP contribution in [-0.2, 0) is 0 Å². The monoisotopic (exact) mass is 290 g/mol. The van der Waals surface area contributed by atoms with Crippen LogP contribution in [0.25, 0.3) is 0 Å². The van der Waals surface area contributed by atoms with E-state index in [-0.39, 0.29) is 0 Å². The summed E-state index contributed by atoms with van der Waals surface area (Å²) < 4.78 is 5.80. The first kappa shape index (κ1) is 16.3. The van der Waals surface area contributed by atoms with E-state index in [4.69, 9.17) is 10.5 Å². The van der Waals surface area contributed by atoms with Crippen LogP contribution in [0.1, 0.15) is 51.6 Å². The predicted molar refractivity (Wildman–Crippen MR) is 88.6 cm³/mol. The molecule has 1 heterocycles. The summed E-state index contributed by atoms with van der Waals surface area (Å²) in [6, 6.07) is 9.27. The summed E-state index contributed by atoms with van der Waals surface area (Å²) >= 11 is 0. The molecule has 3 atom stereocenters. The minimum absolute atomic E-state index is 0.360. The molecule has 2 N–H and O–H groups in total. The minimum atomic E-state index is 0.360. The quantitative estimate of drug-likeness (QED) is 0.870. The van der Waals surface area contributed by atoms with Crippen molar-refractivity contribution in [3.8, 4) is 5.75 Å². The molecule has 1 aromatic rings. The van der Waals surface area contributed by atoms with Crippen LogP contribution in [0.4, 0.5) is 0 Å².